The number of hydrogen-bond donors (Lipinski definition) is 2. The van der Waals surface area contributed by atoms with E-state index in [0.717, 1.165) is 5.92 Å². The highest BCUT2D eigenvalue weighted by atomic mass is 16.4. The minimum atomic E-state index is -0.995. The number of amides is 1. The lowest BCUT2D eigenvalue weighted by Crippen LogP contribution is -2.32. The molecule has 0 aromatic carbocycles. The summed E-state index contributed by atoms with van der Waals surface area (Å²) < 4.78 is 5.19. The summed E-state index contributed by atoms with van der Waals surface area (Å²) in [6, 6.07) is 0. The van der Waals surface area contributed by atoms with Gasteiger partial charge in [-0.25, -0.2) is 0 Å². The van der Waals surface area contributed by atoms with Crippen LogP contribution in [0.2, 0.25) is 0 Å². The van der Waals surface area contributed by atoms with Crippen molar-refractivity contribution < 1.29 is 19.1 Å². The number of furan rings is 1. The molecule has 2 saturated carbocycles. The van der Waals surface area contributed by atoms with E-state index >= 15 is 0 Å². The highest BCUT2D eigenvalue weighted by Gasteiger charge is 2.53. The fraction of sp³-hybridized carbons (Fsp3) is 0.600. The van der Waals surface area contributed by atoms with Crippen molar-refractivity contribution in [2.24, 2.45) is 11.3 Å². The maximum absolute atomic E-state index is 12.3. The van der Waals surface area contributed by atoms with Gasteiger partial charge in [-0.3, -0.25) is 9.59 Å². The third kappa shape index (κ3) is 2.44. The number of aryl methyl sites for hydroxylation is 1. The van der Waals surface area contributed by atoms with Gasteiger partial charge in [-0.2, -0.15) is 0 Å². The van der Waals surface area contributed by atoms with Crippen molar-refractivity contribution >= 4 is 11.9 Å². The molecular formula is C15H19NO4. The Morgan fingerprint density at radius 3 is 2.70 bits per heavy atom. The molecule has 5 nitrogen and oxygen atoms in total. The molecule has 0 spiro atoms. The van der Waals surface area contributed by atoms with Crippen LogP contribution in [0, 0.1) is 18.3 Å². The van der Waals surface area contributed by atoms with E-state index in [1.54, 1.807) is 6.92 Å². The van der Waals surface area contributed by atoms with E-state index in [2.05, 4.69) is 5.32 Å². The Kier molecular flexibility index (Phi) is 3.07. The number of rotatable bonds is 6. The maximum Gasteiger partial charge on any atom is 0.311 e. The largest absolute Gasteiger partial charge is 0.481 e. The molecule has 1 aromatic heterocycles. The second kappa shape index (κ2) is 4.65. The molecule has 2 aliphatic carbocycles. The molecule has 3 rings (SSSR count). The van der Waals surface area contributed by atoms with Crippen molar-refractivity contribution in [1.29, 1.82) is 0 Å². The van der Waals surface area contributed by atoms with E-state index in [1.807, 2.05) is 0 Å². The van der Waals surface area contributed by atoms with Crippen molar-refractivity contribution in [3.63, 3.8) is 0 Å². The molecule has 20 heavy (non-hydrogen) atoms. The van der Waals surface area contributed by atoms with Crippen LogP contribution in [0.3, 0.4) is 0 Å². The van der Waals surface area contributed by atoms with Crippen LogP contribution in [0.25, 0.3) is 0 Å². The van der Waals surface area contributed by atoms with Gasteiger partial charge in [-0.05, 0) is 43.9 Å². The summed E-state index contributed by atoms with van der Waals surface area (Å²) in [6.45, 7) is 2.46. The van der Waals surface area contributed by atoms with E-state index < -0.39 is 5.97 Å². The Balaban J connectivity index is 1.67. The van der Waals surface area contributed by atoms with Gasteiger partial charge in [0.05, 0.1) is 11.8 Å². The molecule has 1 aromatic rings. The van der Waals surface area contributed by atoms with E-state index in [4.69, 9.17) is 9.52 Å². The number of hydrogen-bond acceptors (Lipinski definition) is 3. The smallest absolute Gasteiger partial charge is 0.311 e. The van der Waals surface area contributed by atoms with Crippen LogP contribution < -0.4 is 5.32 Å². The van der Waals surface area contributed by atoms with E-state index in [9.17, 15) is 9.59 Å². The molecule has 0 unspecified atom stereocenters. The predicted octanol–water partition coefficient (Wildman–Crippen LogP) is 2.14. The van der Waals surface area contributed by atoms with Crippen LogP contribution in [-0.4, -0.2) is 23.5 Å². The molecule has 0 saturated heterocycles. The Morgan fingerprint density at radius 1 is 1.45 bits per heavy atom. The first-order valence-corrected chi connectivity index (χ1v) is 7.09. The van der Waals surface area contributed by atoms with Crippen LogP contribution in [0.5, 0.6) is 0 Å². The highest BCUT2D eigenvalue weighted by molar-refractivity contribution is 5.97. The molecule has 0 radical (unpaired) electrons. The Morgan fingerprint density at radius 2 is 2.15 bits per heavy atom. The molecular weight excluding hydrogens is 258 g/mol. The van der Waals surface area contributed by atoms with Crippen molar-refractivity contribution in [1.82, 2.24) is 5.32 Å². The third-order valence-corrected chi connectivity index (χ3v) is 4.53. The van der Waals surface area contributed by atoms with Crippen molar-refractivity contribution in [3.05, 3.63) is 23.2 Å². The fourth-order valence-electron chi connectivity index (χ4n) is 3.00. The summed E-state index contributed by atoms with van der Waals surface area (Å²) >= 11 is 0. The van der Waals surface area contributed by atoms with Gasteiger partial charge in [-0.15, -0.1) is 0 Å². The topological polar surface area (TPSA) is 79.5 Å². The number of aliphatic carboxylic acids is 1. The average molecular weight is 277 g/mol. The van der Waals surface area contributed by atoms with Gasteiger partial charge >= 0.3 is 5.97 Å². The number of carbonyl (C=O) groups excluding carboxylic acids is 1. The number of carbonyl (C=O) groups is 2. The highest BCUT2D eigenvalue weighted by Crippen LogP contribution is 2.60. The van der Waals surface area contributed by atoms with E-state index in [1.165, 1.54) is 31.9 Å². The molecule has 1 amide bonds. The molecule has 108 valence electrons. The summed E-state index contributed by atoms with van der Waals surface area (Å²) in [5, 5.41) is 11.8. The van der Waals surface area contributed by atoms with Gasteiger partial charge in [-0.1, -0.05) is 0 Å². The summed E-state index contributed by atoms with van der Waals surface area (Å²) in [5.74, 6) is -0.181. The van der Waals surface area contributed by atoms with Crippen LogP contribution in [0.15, 0.2) is 10.7 Å². The van der Waals surface area contributed by atoms with E-state index in [-0.39, 0.29) is 18.1 Å². The Labute approximate surface area is 117 Å². The van der Waals surface area contributed by atoms with Gasteiger partial charge in [0.15, 0.2) is 0 Å². The molecule has 2 N–H and O–H groups in total. The summed E-state index contributed by atoms with van der Waals surface area (Å²) in [6.07, 6.45) is 6.15. The first kappa shape index (κ1) is 13.2. The normalized spacial score (nSPS) is 19.6. The third-order valence-electron chi connectivity index (χ3n) is 4.53. The Bertz CT molecular complexity index is 552. The van der Waals surface area contributed by atoms with Gasteiger partial charge in [0, 0.05) is 12.1 Å². The maximum atomic E-state index is 12.3. The SMILES string of the molecule is Cc1coc(CC(=O)O)c1C(=O)NCC1(C2CC2)CC1. The van der Waals surface area contributed by atoms with Gasteiger partial charge < -0.3 is 14.8 Å². The second-order valence-electron chi connectivity index (χ2n) is 6.11. The first-order chi connectivity index (χ1) is 9.52. The molecule has 1 heterocycles. The quantitative estimate of drug-likeness (QED) is 0.835. The zero-order valence-electron chi connectivity index (χ0n) is 11.6. The first-order valence-electron chi connectivity index (χ1n) is 7.09. The van der Waals surface area contributed by atoms with Crippen molar-refractivity contribution in [2.75, 3.05) is 6.54 Å². The van der Waals surface area contributed by atoms with Crippen LogP contribution in [0.1, 0.15) is 47.4 Å². The van der Waals surface area contributed by atoms with Gasteiger partial charge in [0.25, 0.3) is 5.91 Å². The molecule has 2 fully saturated rings. The standard InChI is InChI=1S/C15H19NO4/c1-9-7-20-11(6-12(17)18)13(9)14(19)16-8-15(4-5-15)10-2-3-10/h7,10H,2-6,8H2,1H3,(H,16,19)(H,17,18). The monoisotopic (exact) mass is 277 g/mol. The minimum Gasteiger partial charge on any atom is -0.481 e. The van der Waals surface area contributed by atoms with Gasteiger partial charge in [0.1, 0.15) is 12.2 Å². The van der Waals surface area contributed by atoms with Gasteiger partial charge in [0.2, 0.25) is 0 Å². The lowest BCUT2D eigenvalue weighted by molar-refractivity contribution is -0.136. The minimum absolute atomic E-state index is 0.209. The zero-order valence-corrected chi connectivity index (χ0v) is 11.6. The molecule has 0 bridgehead atoms. The second-order valence-corrected chi connectivity index (χ2v) is 6.11. The van der Waals surface area contributed by atoms with Crippen molar-refractivity contribution in [3.8, 4) is 0 Å². The predicted molar refractivity (Wildman–Crippen MR) is 71.5 cm³/mol. The Hall–Kier alpha value is -1.78. The van der Waals surface area contributed by atoms with E-state index in [0.29, 0.717) is 23.1 Å². The molecule has 5 heteroatoms. The molecule has 2 aliphatic rings. The summed E-state index contributed by atoms with van der Waals surface area (Å²) in [4.78, 5) is 23.1. The fourth-order valence-corrected chi connectivity index (χ4v) is 3.00. The van der Waals surface area contributed by atoms with Crippen LogP contribution in [-0.2, 0) is 11.2 Å². The van der Waals surface area contributed by atoms with Crippen LogP contribution >= 0.6 is 0 Å². The van der Waals surface area contributed by atoms with Crippen LogP contribution in [0.4, 0.5) is 0 Å². The lowest BCUT2D eigenvalue weighted by atomic mass is 10.0. The molecule has 0 aliphatic heterocycles. The van der Waals surface area contributed by atoms with Crippen molar-refractivity contribution in [2.45, 2.75) is 39.0 Å². The number of carboxylic acids is 1. The average Bonchev–Trinajstić information content (AvgIpc) is 3.25. The number of carboxylic acid groups (broad SMARTS) is 1. The number of nitrogens with one attached hydrogen (secondary N) is 1. The lowest BCUT2D eigenvalue weighted by Gasteiger charge is -2.15. The molecule has 0 atom stereocenters. The summed E-state index contributed by atoms with van der Waals surface area (Å²) in [5.41, 5.74) is 1.41. The summed E-state index contributed by atoms with van der Waals surface area (Å²) in [7, 11) is 0. The zero-order chi connectivity index (χ0) is 14.3.